The molecule has 1 aliphatic rings. The number of amidine groups is 1. The molecule has 39 heavy (non-hydrogen) atoms. The van der Waals surface area contributed by atoms with Gasteiger partial charge in [-0.2, -0.15) is 13.2 Å². The second kappa shape index (κ2) is 11.3. The summed E-state index contributed by atoms with van der Waals surface area (Å²) in [5.74, 6) is -1.21. The first-order chi connectivity index (χ1) is 18.4. The molecule has 1 saturated carbocycles. The molecule has 0 unspecified atom stereocenters. The van der Waals surface area contributed by atoms with Gasteiger partial charge in [0, 0.05) is 23.2 Å². The van der Waals surface area contributed by atoms with E-state index in [1.54, 1.807) is 0 Å². The van der Waals surface area contributed by atoms with Gasteiger partial charge in [-0.1, -0.05) is 11.6 Å². The van der Waals surface area contributed by atoms with Gasteiger partial charge in [0.1, 0.15) is 18.3 Å². The van der Waals surface area contributed by atoms with E-state index >= 15 is 0 Å². The Hall–Kier alpha value is -4.11. The number of hydrogen-bond donors (Lipinski definition) is 4. The molecule has 2 heterocycles. The number of benzene rings is 1. The Kier molecular flexibility index (Phi) is 8.11. The topological polar surface area (TPSA) is 149 Å². The fourth-order valence-corrected chi connectivity index (χ4v) is 3.49. The minimum Gasteiger partial charge on any atom is -0.382 e. The Morgan fingerprint density at radius 1 is 1.23 bits per heavy atom. The fraction of sp³-hybridized carbons (Fsp3) is 0.304. The summed E-state index contributed by atoms with van der Waals surface area (Å²) in [6.45, 7) is -1.61. The Bertz CT molecular complexity index is 1370. The molecule has 2 aromatic heterocycles. The second-order valence-electron chi connectivity index (χ2n) is 8.49. The Morgan fingerprint density at radius 2 is 1.92 bits per heavy atom. The zero-order valence-corrected chi connectivity index (χ0v) is 20.6. The summed E-state index contributed by atoms with van der Waals surface area (Å²) in [6, 6.07) is 6.82. The maximum Gasteiger partial charge on any atom is 0.416 e. The van der Waals surface area contributed by atoms with E-state index in [0.29, 0.717) is 9.92 Å². The van der Waals surface area contributed by atoms with Gasteiger partial charge in [-0.15, -0.1) is 5.10 Å². The monoisotopic (exact) mass is 568 g/mol. The number of aliphatic hydroxyl groups is 1. The van der Waals surface area contributed by atoms with Gasteiger partial charge in [-0.05, 0) is 36.4 Å². The van der Waals surface area contributed by atoms with Crippen LogP contribution in [0, 0.1) is 5.41 Å². The number of urea groups is 1. The van der Waals surface area contributed by atoms with Gasteiger partial charge in [-0.25, -0.2) is 23.8 Å². The molecule has 1 fully saturated rings. The maximum absolute atomic E-state index is 13.2. The highest BCUT2D eigenvalue weighted by atomic mass is 35.5. The molecule has 0 radical (unpaired) electrons. The summed E-state index contributed by atoms with van der Waals surface area (Å²) in [4.78, 5) is 33.8. The summed E-state index contributed by atoms with van der Waals surface area (Å²) in [6.07, 6.45) is -6.24. The summed E-state index contributed by atoms with van der Waals surface area (Å²) in [5.41, 5.74) is 0.260. The number of amides is 3. The predicted molar refractivity (Wildman–Crippen MR) is 129 cm³/mol. The first-order valence-electron chi connectivity index (χ1n) is 11.4. The van der Waals surface area contributed by atoms with Crippen molar-refractivity contribution >= 4 is 29.4 Å². The number of pyridine rings is 1. The third-order valence-corrected chi connectivity index (χ3v) is 5.83. The molecule has 1 aliphatic carbocycles. The van der Waals surface area contributed by atoms with Crippen LogP contribution in [-0.2, 0) is 6.54 Å². The zero-order chi connectivity index (χ0) is 28.3. The molecule has 0 bridgehead atoms. The minimum absolute atomic E-state index is 0.0129. The summed E-state index contributed by atoms with van der Waals surface area (Å²) < 4.78 is 53.4. The Labute approximate surface area is 223 Å². The molecule has 3 amide bonds. The van der Waals surface area contributed by atoms with Crippen molar-refractivity contribution in [3.63, 3.8) is 0 Å². The molecule has 0 saturated heterocycles. The average molecular weight is 569 g/mol. The van der Waals surface area contributed by atoms with Crippen LogP contribution < -0.4 is 10.6 Å². The zero-order valence-electron chi connectivity index (χ0n) is 19.9. The Morgan fingerprint density at radius 3 is 2.56 bits per heavy atom. The number of nitrogens with zero attached hydrogens (tertiary/aromatic N) is 5. The van der Waals surface area contributed by atoms with Crippen molar-refractivity contribution in [2.45, 2.75) is 37.5 Å². The third-order valence-electron chi connectivity index (χ3n) is 5.58. The number of nitrogens with one attached hydrogen (secondary N) is 3. The van der Waals surface area contributed by atoms with Crippen LogP contribution in [0.4, 0.5) is 22.4 Å². The van der Waals surface area contributed by atoms with E-state index in [4.69, 9.17) is 17.0 Å². The van der Waals surface area contributed by atoms with Crippen molar-refractivity contribution in [2.75, 3.05) is 6.54 Å². The lowest BCUT2D eigenvalue weighted by atomic mass is 10.2. The molecule has 1 aromatic carbocycles. The first-order valence-corrected chi connectivity index (χ1v) is 11.8. The summed E-state index contributed by atoms with van der Waals surface area (Å²) in [5, 5.41) is 27.1. The predicted octanol–water partition coefficient (Wildman–Crippen LogP) is 2.62. The van der Waals surface area contributed by atoms with Gasteiger partial charge in [0.25, 0.3) is 5.91 Å². The van der Waals surface area contributed by atoms with Crippen LogP contribution in [0.15, 0.2) is 48.9 Å². The van der Waals surface area contributed by atoms with E-state index in [1.165, 1.54) is 53.6 Å². The van der Waals surface area contributed by atoms with Crippen molar-refractivity contribution in [3.8, 4) is 5.69 Å². The number of alkyl halides is 4. The SMILES string of the molecule is N=C(c1ccc(Cl)cc1)N(C[C@@H](O)C(F)(F)F)C(=O)NCc1ncn(-c2cccnc2C(=O)N[C@H]2C[C@H]2F)n1. The number of hydrogen-bond acceptors (Lipinski definition) is 7. The van der Waals surface area contributed by atoms with E-state index < -0.39 is 48.8 Å². The molecule has 11 nitrogen and oxygen atoms in total. The molecule has 3 atom stereocenters. The number of aliphatic hydroxyl groups excluding tert-OH is 1. The van der Waals surface area contributed by atoms with E-state index in [2.05, 4.69) is 25.7 Å². The smallest absolute Gasteiger partial charge is 0.382 e. The van der Waals surface area contributed by atoms with Gasteiger partial charge in [0.15, 0.2) is 17.6 Å². The van der Waals surface area contributed by atoms with Crippen molar-refractivity contribution in [3.05, 3.63) is 71.0 Å². The van der Waals surface area contributed by atoms with Crippen LogP contribution in [0.25, 0.3) is 5.69 Å². The highest BCUT2D eigenvalue weighted by Gasteiger charge is 2.41. The lowest BCUT2D eigenvalue weighted by molar-refractivity contribution is -0.204. The molecule has 3 aromatic rings. The number of rotatable bonds is 8. The van der Waals surface area contributed by atoms with Gasteiger partial charge in [0.2, 0.25) is 0 Å². The molecular formula is C23H21ClF4N8O3. The summed E-state index contributed by atoms with van der Waals surface area (Å²) >= 11 is 5.81. The van der Waals surface area contributed by atoms with Gasteiger partial charge in [0.05, 0.1) is 24.8 Å². The lowest BCUT2D eigenvalue weighted by Crippen LogP contribution is -2.50. The van der Waals surface area contributed by atoms with Crippen LogP contribution in [0.3, 0.4) is 0 Å². The number of carbonyl (C=O) groups excluding carboxylic acids is 2. The van der Waals surface area contributed by atoms with Gasteiger partial charge >= 0.3 is 12.2 Å². The highest BCUT2D eigenvalue weighted by molar-refractivity contribution is 6.30. The first kappa shape index (κ1) is 27.9. The third kappa shape index (κ3) is 6.86. The highest BCUT2D eigenvalue weighted by Crippen LogP contribution is 2.25. The van der Waals surface area contributed by atoms with Crippen molar-refractivity contribution in [1.29, 1.82) is 5.41 Å². The lowest BCUT2D eigenvalue weighted by Gasteiger charge is -2.26. The van der Waals surface area contributed by atoms with E-state index in [0.717, 1.165) is 0 Å². The van der Waals surface area contributed by atoms with Crippen molar-refractivity contribution in [2.24, 2.45) is 0 Å². The quantitative estimate of drug-likeness (QED) is 0.186. The van der Waals surface area contributed by atoms with E-state index in [1.807, 2.05) is 0 Å². The van der Waals surface area contributed by atoms with E-state index in [9.17, 15) is 32.3 Å². The summed E-state index contributed by atoms with van der Waals surface area (Å²) in [7, 11) is 0. The molecular weight excluding hydrogens is 548 g/mol. The molecule has 4 rings (SSSR count). The van der Waals surface area contributed by atoms with Crippen molar-refractivity contribution < 1.29 is 32.3 Å². The fourth-order valence-electron chi connectivity index (χ4n) is 3.37. The van der Waals surface area contributed by atoms with Crippen molar-refractivity contribution in [1.82, 2.24) is 35.3 Å². The maximum atomic E-state index is 13.2. The minimum atomic E-state index is -5.03. The molecule has 16 heteroatoms. The normalized spacial score (nSPS) is 17.3. The average Bonchev–Trinajstić information content (AvgIpc) is 3.38. The van der Waals surface area contributed by atoms with Crippen LogP contribution in [-0.4, -0.2) is 78.6 Å². The molecule has 0 aliphatic heterocycles. The molecule has 4 N–H and O–H groups in total. The van der Waals surface area contributed by atoms with Gasteiger partial charge in [-0.3, -0.25) is 15.1 Å². The number of aromatic nitrogens is 4. The number of halogens is 5. The Balaban J connectivity index is 1.47. The van der Waals surface area contributed by atoms with Crippen LogP contribution in [0.2, 0.25) is 5.02 Å². The standard InChI is InChI=1S/C23H21ClF4N8O3/c24-13-5-3-12(4-6-13)20(29)35(10-17(37)23(26,27)28)22(39)31-9-18-32-11-36(34-18)16-2-1-7-30-19(16)21(38)33-15-8-14(15)25/h1-7,11,14-15,17,29,37H,8-10H2,(H,31,39)(H,33,38)/t14-,15+,17-/m1/s1. The second-order valence-corrected chi connectivity index (χ2v) is 8.93. The van der Waals surface area contributed by atoms with Crippen LogP contribution in [0.5, 0.6) is 0 Å². The van der Waals surface area contributed by atoms with Crippen LogP contribution >= 0.6 is 11.6 Å². The largest absolute Gasteiger partial charge is 0.416 e. The molecule has 206 valence electrons. The van der Waals surface area contributed by atoms with E-state index in [-0.39, 0.29) is 35.7 Å². The van der Waals surface area contributed by atoms with Crippen LogP contribution in [0.1, 0.15) is 28.3 Å². The van der Waals surface area contributed by atoms with Gasteiger partial charge < -0.3 is 15.7 Å². The number of carbonyl (C=O) groups is 2. The molecule has 0 spiro atoms.